The van der Waals surface area contributed by atoms with E-state index in [0.29, 0.717) is 18.5 Å². The zero-order valence-electron chi connectivity index (χ0n) is 40.6. The summed E-state index contributed by atoms with van der Waals surface area (Å²) in [5, 5.41) is 38.7. The van der Waals surface area contributed by atoms with Gasteiger partial charge in [-0.05, 0) is 55.3 Å². The molecule has 0 spiro atoms. The van der Waals surface area contributed by atoms with Crippen molar-refractivity contribution in [1.29, 1.82) is 0 Å². The van der Waals surface area contributed by atoms with Gasteiger partial charge in [0.1, 0.15) is 24.2 Å². The molecule has 0 bridgehead atoms. The first-order valence-electron chi connectivity index (χ1n) is 23.2. The molecule has 9 amide bonds. The number of amides is 9. The topological polar surface area (TPSA) is 376 Å². The van der Waals surface area contributed by atoms with E-state index in [9.17, 15) is 58.2 Å². The first-order valence-corrected chi connectivity index (χ1v) is 23.2. The predicted molar refractivity (Wildman–Crippen MR) is 247 cm³/mol. The van der Waals surface area contributed by atoms with E-state index < -0.39 is 103 Å². The summed E-state index contributed by atoms with van der Waals surface area (Å²) in [6.07, 6.45) is 1.44. The van der Waals surface area contributed by atoms with E-state index in [4.69, 9.17) is 11.5 Å². The van der Waals surface area contributed by atoms with Gasteiger partial charge in [-0.1, -0.05) is 54.9 Å². The molecule has 0 aromatic carbocycles. The number of nitrogens with zero attached hydrogens (tertiary/aromatic N) is 1. The molecule has 23 nitrogen and oxygen atoms in total. The molecule has 10 atom stereocenters. The Balaban J connectivity index is 2.27. The fourth-order valence-electron chi connectivity index (χ4n) is 7.50. The van der Waals surface area contributed by atoms with Gasteiger partial charge in [-0.25, -0.2) is 4.98 Å². The third-order valence-electron chi connectivity index (χ3n) is 11.5. The van der Waals surface area contributed by atoms with Crippen LogP contribution in [0.3, 0.4) is 0 Å². The molecule has 2 unspecified atom stereocenters. The average Bonchev–Trinajstić information content (AvgIpc) is 3.77. The Hall–Kier alpha value is -5.97. The number of nitrogens with one attached hydrogen (secondary N) is 8. The SMILES string of the molecule is CC[C@H](C)[C@H](NC(=O)CC(C)(C)C)C(=O)N[C@H](C(=O)N[C@@H](CCC(N)=O)C(=O)N[C@@H](Cc1cnc[nH]1)C(=O)N[C@H](CC(C)C)C(=O)CC1CC1[C@@H](CO)C(=O)NCCC(=O)NCC(N)=O)[C@@H](C)O. The maximum absolute atomic E-state index is 14.1. The van der Waals surface area contributed by atoms with Crippen molar-refractivity contribution >= 4 is 58.9 Å². The molecule has 14 N–H and O–H groups in total. The maximum Gasteiger partial charge on any atom is 0.245 e. The van der Waals surface area contributed by atoms with Gasteiger partial charge in [-0.3, -0.25) is 47.9 Å². The highest BCUT2D eigenvalue weighted by Crippen LogP contribution is 2.47. The predicted octanol–water partition coefficient (Wildman–Crippen LogP) is -2.14. The number of nitrogens with two attached hydrogens (primary N) is 2. The molecule has 23 heteroatoms. The second-order valence-corrected chi connectivity index (χ2v) is 19.4. The van der Waals surface area contributed by atoms with Gasteiger partial charge in [0.2, 0.25) is 53.2 Å². The summed E-state index contributed by atoms with van der Waals surface area (Å²) in [5.41, 5.74) is 10.5. The van der Waals surface area contributed by atoms with Crippen LogP contribution in [0, 0.1) is 35.0 Å². The quantitative estimate of drug-likeness (QED) is 0.0379. The van der Waals surface area contributed by atoms with Gasteiger partial charge < -0.3 is 63.9 Å². The fraction of sp³-hybridized carbons (Fsp3) is 0.711. The number of Topliss-reactive ketones (excluding diaryl/α,β-unsaturated/α-hetero) is 1. The van der Waals surface area contributed by atoms with Crippen molar-refractivity contribution in [2.75, 3.05) is 19.7 Å². The highest BCUT2D eigenvalue weighted by atomic mass is 16.3. The number of carbonyl (C=O) groups excluding carboxylic acids is 10. The standard InChI is InChI=1S/C45H75N11O12/c1-9-24(4)38(55-37(63)18-45(6,7)8)43(67)56-39(25(5)58)44(68)52-30(10-11-34(46)60)41(65)54-32(17-27-19-48-22-51-27)42(66)53-31(14-23(2)3)33(59)16-26-15-28(26)29(21-57)40(64)49-13-12-36(62)50-20-35(47)61/h19,22-26,28-32,38-39,57-58H,9-18,20-21H2,1-8H3,(H2,46,60)(H2,47,61)(H,48,51)(H,49,64)(H,50,62)(H,52,68)(H,53,66)(H,54,65)(H,55,63)(H,56,67)/t24-,25+,26?,28?,29+,30-,31+,32-,38-,39-/m0/s1. The average molecular weight is 962 g/mol. The molecule has 1 saturated carbocycles. The molecule has 0 radical (unpaired) electrons. The molecule has 1 aromatic rings. The normalized spacial score (nSPS) is 17.9. The minimum absolute atomic E-state index is 0.0389. The molecule has 1 aromatic heterocycles. The molecular weight excluding hydrogens is 887 g/mol. The second-order valence-electron chi connectivity index (χ2n) is 19.4. The molecule has 1 heterocycles. The smallest absolute Gasteiger partial charge is 0.245 e. The largest absolute Gasteiger partial charge is 0.396 e. The highest BCUT2D eigenvalue weighted by Gasteiger charge is 2.47. The number of carbonyl (C=O) groups is 10. The number of imidazole rings is 1. The van der Waals surface area contributed by atoms with E-state index in [1.165, 1.54) is 19.4 Å². The number of aliphatic hydroxyl groups excluding tert-OH is 2. The van der Waals surface area contributed by atoms with Crippen molar-refractivity contribution in [3.8, 4) is 0 Å². The van der Waals surface area contributed by atoms with E-state index in [1.807, 2.05) is 41.5 Å². The van der Waals surface area contributed by atoms with Crippen LogP contribution in [-0.2, 0) is 54.4 Å². The van der Waals surface area contributed by atoms with E-state index in [2.05, 4.69) is 47.2 Å². The summed E-state index contributed by atoms with van der Waals surface area (Å²) >= 11 is 0. The maximum atomic E-state index is 14.1. The Bertz CT molecular complexity index is 1900. The van der Waals surface area contributed by atoms with Gasteiger partial charge in [0, 0.05) is 50.5 Å². The van der Waals surface area contributed by atoms with E-state index in [-0.39, 0.29) is 92.4 Å². The number of hydrogen-bond donors (Lipinski definition) is 12. The van der Waals surface area contributed by atoms with Crippen molar-refractivity contribution < 1.29 is 58.2 Å². The van der Waals surface area contributed by atoms with Crippen LogP contribution < -0.4 is 48.7 Å². The van der Waals surface area contributed by atoms with Gasteiger partial charge in [0.05, 0.1) is 37.5 Å². The summed E-state index contributed by atoms with van der Waals surface area (Å²) in [6.45, 7) is 13.2. The number of aromatic nitrogens is 2. The summed E-state index contributed by atoms with van der Waals surface area (Å²) in [6, 6.07) is -6.66. The number of hydrogen-bond acceptors (Lipinski definition) is 13. The van der Waals surface area contributed by atoms with Gasteiger partial charge in [-0.15, -0.1) is 0 Å². The Morgan fingerprint density at radius 2 is 1.40 bits per heavy atom. The molecule has 1 aliphatic rings. The number of aromatic amines is 1. The summed E-state index contributed by atoms with van der Waals surface area (Å²) in [7, 11) is 0. The van der Waals surface area contributed by atoms with Crippen molar-refractivity contribution in [2.45, 2.75) is 149 Å². The third-order valence-corrected chi connectivity index (χ3v) is 11.5. The molecule has 68 heavy (non-hydrogen) atoms. The van der Waals surface area contributed by atoms with Crippen LogP contribution in [0.15, 0.2) is 12.5 Å². The van der Waals surface area contributed by atoms with Crippen LogP contribution in [-0.4, -0.2) is 135 Å². The van der Waals surface area contributed by atoms with Crippen molar-refractivity contribution in [1.82, 2.24) is 47.2 Å². The van der Waals surface area contributed by atoms with Crippen LogP contribution in [0.25, 0.3) is 0 Å². The van der Waals surface area contributed by atoms with Crippen LogP contribution in [0.2, 0.25) is 0 Å². The van der Waals surface area contributed by atoms with Crippen LogP contribution in [0.4, 0.5) is 0 Å². The lowest BCUT2D eigenvalue weighted by Gasteiger charge is -2.30. The lowest BCUT2D eigenvalue weighted by Crippen LogP contribution is -2.61. The number of aliphatic hydroxyl groups is 2. The zero-order valence-corrected chi connectivity index (χ0v) is 40.6. The van der Waals surface area contributed by atoms with Gasteiger partial charge in [-0.2, -0.15) is 0 Å². The Morgan fingerprint density at radius 1 is 0.779 bits per heavy atom. The number of primary amides is 2. The molecular formula is C45H75N11O12. The Morgan fingerprint density at radius 3 is 1.94 bits per heavy atom. The number of rotatable bonds is 31. The first kappa shape index (κ1) is 58.2. The highest BCUT2D eigenvalue weighted by molar-refractivity contribution is 5.97. The third kappa shape index (κ3) is 20.9. The molecule has 1 fully saturated rings. The lowest BCUT2D eigenvalue weighted by molar-refractivity contribution is -0.137. The minimum Gasteiger partial charge on any atom is -0.396 e. The zero-order chi connectivity index (χ0) is 51.5. The molecule has 382 valence electrons. The lowest BCUT2D eigenvalue weighted by atomic mass is 9.91. The van der Waals surface area contributed by atoms with E-state index in [0.717, 1.165) is 0 Å². The number of H-pyrrole nitrogens is 1. The van der Waals surface area contributed by atoms with Gasteiger partial charge in [0.25, 0.3) is 0 Å². The van der Waals surface area contributed by atoms with E-state index in [1.54, 1.807) is 6.92 Å². The number of ketones is 1. The van der Waals surface area contributed by atoms with Crippen LogP contribution in [0.5, 0.6) is 0 Å². The second kappa shape index (κ2) is 27.7. The monoisotopic (exact) mass is 962 g/mol. The van der Waals surface area contributed by atoms with Crippen molar-refractivity contribution in [3.05, 3.63) is 18.2 Å². The first-order chi connectivity index (χ1) is 31.8. The summed E-state index contributed by atoms with van der Waals surface area (Å²) in [4.78, 5) is 137. The Labute approximate surface area is 397 Å². The molecule has 2 rings (SSSR count). The fourth-order valence-corrected chi connectivity index (χ4v) is 7.50. The van der Waals surface area contributed by atoms with Crippen molar-refractivity contribution in [3.63, 3.8) is 0 Å². The summed E-state index contributed by atoms with van der Waals surface area (Å²) < 4.78 is 0. The molecule has 1 aliphatic carbocycles. The van der Waals surface area contributed by atoms with Gasteiger partial charge >= 0.3 is 0 Å². The van der Waals surface area contributed by atoms with Crippen molar-refractivity contribution in [2.24, 2.45) is 46.5 Å². The van der Waals surface area contributed by atoms with Crippen LogP contribution in [0.1, 0.15) is 112 Å². The molecule has 0 saturated heterocycles. The molecule has 0 aliphatic heterocycles. The van der Waals surface area contributed by atoms with Crippen LogP contribution >= 0.6 is 0 Å². The minimum atomic E-state index is -1.63. The van der Waals surface area contributed by atoms with Gasteiger partial charge in [0.15, 0.2) is 5.78 Å². The Kier molecular flexibility index (Phi) is 23.7. The van der Waals surface area contributed by atoms with E-state index >= 15 is 0 Å². The summed E-state index contributed by atoms with van der Waals surface area (Å²) in [5.74, 6) is -8.75.